The number of benzene rings is 1. The fourth-order valence-electron chi connectivity index (χ4n) is 1.31. The molecule has 0 saturated carbocycles. The fraction of sp³-hybridized carbons (Fsp3) is 0.500. The first-order valence-corrected chi connectivity index (χ1v) is 5.44. The van der Waals surface area contributed by atoms with E-state index in [2.05, 4.69) is 0 Å². The van der Waals surface area contributed by atoms with Gasteiger partial charge in [-0.15, -0.1) is 0 Å². The zero-order valence-corrected chi connectivity index (χ0v) is 9.45. The summed E-state index contributed by atoms with van der Waals surface area (Å²) in [6.07, 6.45) is 1.38. The standard InChI is InChI=1S/C12H18FNO2/c1-9(14)10-4-5-12(11(13)8-10)16-7-3-2-6-15/h4-5,8-9,15H,2-3,6-7,14H2,1H3/t9-/m0/s1. The van der Waals surface area contributed by atoms with Crippen molar-refractivity contribution in [1.82, 2.24) is 0 Å². The SMILES string of the molecule is C[C@H](N)c1ccc(OCCCCO)c(F)c1. The van der Waals surface area contributed by atoms with Crippen LogP contribution in [-0.2, 0) is 0 Å². The monoisotopic (exact) mass is 227 g/mol. The highest BCUT2D eigenvalue weighted by molar-refractivity contribution is 5.30. The van der Waals surface area contributed by atoms with Crippen molar-refractivity contribution < 1.29 is 14.2 Å². The van der Waals surface area contributed by atoms with Crippen molar-refractivity contribution >= 4 is 0 Å². The maximum Gasteiger partial charge on any atom is 0.165 e. The molecule has 1 atom stereocenters. The van der Waals surface area contributed by atoms with Crippen molar-refractivity contribution in [3.63, 3.8) is 0 Å². The van der Waals surface area contributed by atoms with Gasteiger partial charge in [0.1, 0.15) is 0 Å². The van der Waals surface area contributed by atoms with Gasteiger partial charge in [0.15, 0.2) is 11.6 Å². The molecule has 16 heavy (non-hydrogen) atoms. The molecule has 0 amide bonds. The normalized spacial score (nSPS) is 12.5. The fourth-order valence-corrected chi connectivity index (χ4v) is 1.31. The first-order chi connectivity index (χ1) is 7.65. The first kappa shape index (κ1) is 12.9. The van der Waals surface area contributed by atoms with Crippen LogP contribution < -0.4 is 10.5 Å². The van der Waals surface area contributed by atoms with E-state index in [1.54, 1.807) is 19.1 Å². The lowest BCUT2D eigenvalue weighted by Gasteiger charge is -2.10. The quantitative estimate of drug-likeness (QED) is 0.731. The number of unbranched alkanes of at least 4 members (excludes halogenated alkanes) is 1. The number of hydrogen-bond acceptors (Lipinski definition) is 3. The van der Waals surface area contributed by atoms with Crippen LogP contribution in [0.4, 0.5) is 4.39 Å². The minimum Gasteiger partial charge on any atom is -0.491 e. The van der Waals surface area contributed by atoms with Gasteiger partial charge in [-0.2, -0.15) is 0 Å². The Kier molecular flexibility index (Phi) is 5.22. The Morgan fingerprint density at radius 3 is 2.75 bits per heavy atom. The summed E-state index contributed by atoms with van der Waals surface area (Å²) in [6.45, 7) is 2.35. The molecule has 0 fully saturated rings. The van der Waals surface area contributed by atoms with Crippen molar-refractivity contribution in [3.05, 3.63) is 29.6 Å². The van der Waals surface area contributed by atoms with E-state index in [-0.39, 0.29) is 18.4 Å². The third-order valence-electron chi connectivity index (χ3n) is 2.29. The maximum atomic E-state index is 13.5. The Morgan fingerprint density at radius 1 is 1.44 bits per heavy atom. The van der Waals surface area contributed by atoms with Gasteiger partial charge in [0, 0.05) is 12.6 Å². The van der Waals surface area contributed by atoms with Crippen molar-refractivity contribution in [2.75, 3.05) is 13.2 Å². The second-order valence-electron chi connectivity index (χ2n) is 3.76. The number of aliphatic hydroxyl groups is 1. The molecular formula is C12H18FNO2. The average Bonchev–Trinajstić information content (AvgIpc) is 2.26. The molecule has 0 saturated heterocycles. The molecule has 0 aliphatic heterocycles. The number of hydrogen-bond donors (Lipinski definition) is 2. The molecule has 3 nitrogen and oxygen atoms in total. The van der Waals surface area contributed by atoms with E-state index in [1.807, 2.05) is 0 Å². The zero-order valence-electron chi connectivity index (χ0n) is 9.45. The van der Waals surface area contributed by atoms with Crippen molar-refractivity contribution in [1.29, 1.82) is 0 Å². The molecule has 1 rings (SSSR count). The van der Waals surface area contributed by atoms with Gasteiger partial charge in [-0.05, 0) is 37.5 Å². The molecule has 1 aromatic rings. The number of aliphatic hydroxyl groups excluding tert-OH is 1. The van der Waals surface area contributed by atoms with Crippen molar-refractivity contribution in [2.24, 2.45) is 5.73 Å². The van der Waals surface area contributed by atoms with E-state index in [9.17, 15) is 4.39 Å². The number of halogens is 1. The highest BCUT2D eigenvalue weighted by atomic mass is 19.1. The third kappa shape index (κ3) is 3.79. The van der Waals surface area contributed by atoms with E-state index in [1.165, 1.54) is 6.07 Å². The Bertz CT molecular complexity index is 329. The van der Waals surface area contributed by atoms with Crippen LogP contribution in [0.3, 0.4) is 0 Å². The van der Waals surface area contributed by atoms with E-state index in [0.29, 0.717) is 19.4 Å². The van der Waals surface area contributed by atoms with E-state index >= 15 is 0 Å². The minimum absolute atomic E-state index is 0.134. The predicted molar refractivity (Wildman–Crippen MR) is 60.8 cm³/mol. The summed E-state index contributed by atoms with van der Waals surface area (Å²) in [4.78, 5) is 0. The zero-order chi connectivity index (χ0) is 12.0. The number of ether oxygens (including phenoxy) is 1. The van der Waals surface area contributed by atoms with Crippen molar-refractivity contribution in [3.8, 4) is 5.75 Å². The number of rotatable bonds is 6. The molecule has 90 valence electrons. The second kappa shape index (κ2) is 6.45. The van der Waals surface area contributed by atoms with E-state index in [0.717, 1.165) is 5.56 Å². The minimum atomic E-state index is -0.390. The van der Waals surface area contributed by atoms with E-state index < -0.39 is 5.82 Å². The molecule has 0 spiro atoms. The van der Waals surface area contributed by atoms with Crippen LogP contribution >= 0.6 is 0 Å². The summed E-state index contributed by atoms with van der Waals surface area (Å²) < 4.78 is 18.7. The first-order valence-electron chi connectivity index (χ1n) is 5.44. The average molecular weight is 227 g/mol. The van der Waals surface area contributed by atoms with Crippen LogP contribution in [0, 0.1) is 5.82 Å². The molecule has 0 unspecified atom stereocenters. The molecule has 0 bridgehead atoms. The summed E-state index contributed by atoms with van der Waals surface area (Å²) in [5.74, 6) is -0.152. The van der Waals surface area contributed by atoms with Gasteiger partial charge in [0.05, 0.1) is 6.61 Å². The molecule has 0 aliphatic rings. The smallest absolute Gasteiger partial charge is 0.165 e. The lowest BCUT2D eigenvalue weighted by Crippen LogP contribution is -2.06. The molecule has 0 heterocycles. The Hall–Kier alpha value is -1.13. The Labute approximate surface area is 95.0 Å². The lowest BCUT2D eigenvalue weighted by molar-refractivity contribution is 0.248. The third-order valence-corrected chi connectivity index (χ3v) is 2.29. The second-order valence-corrected chi connectivity index (χ2v) is 3.76. The summed E-state index contributed by atoms with van der Waals surface area (Å²) in [7, 11) is 0. The molecule has 0 aromatic heterocycles. The molecule has 1 aromatic carbocycles. The van der Waals surface area contributed by atoms with E-state index in [4.69, 9.17) is 15.6 Å². The van der Waals surface area contributed by atoms with Gasteiger partial charge >= 0.3 is 0 Å². The van der Waals surface area contributed by atoms with Gasteiger partial charge in [0.25, 0.3) is 0 Å². The summed E-state index contributed by atoms with van der Waals surface area (Å²) in [6, 6.07) is 4.56. The van der Waals surface area contributed by atoms with Gasteiger partial charge in [-0.3, -0.25) is 0 Å². The molecule has 0 radical (unpaired) electrons. The van der Waals surface area contributed by atoms with Crippen LogP contribution in [0.1, 0.15) is 31.4 Å². The van der Waals surface area contributed by atoms with Crippen molar-refractivity contribution in [2.45, 2.75) is 25.8 Å². The Balaban J connectivity index is 2.54. The van der Waals surface area contributed by atoms with Crippen LogP contribution in [0.2, 0.25) is 0 Å². The lowest BCUT2D eigenvalue weighted by atomic mass is 10.1. The molecular weight excluding hydrogens is 209 g/mol. The highest BCUT2D eigenvalue weighted by Crippen LogP contribution is 2.21. The van der Waals surface area contributed by atoms with Gasteiger partial charge < -0.3 is 15.6 Å². The highest BCUT2D eigenvalue weighted by Gasteiger charge is 2.06. The predicted octanol–water partition coefficient (Wildman–Crippen LogP) is 2.00. The van der Waals surface area contributed by atoms with Crippen LogP contribution in [0.5, 0.6) is 5.75 Å². The largest absolute Gasteiger partial charge is 0.491 e. The summed E-state index contributed by atoms with van der Waals surface area (Å²) >= 11 is 0. The maximum absolute atomic E-state index is 13.5. The molecule has 0 aliphatic carbocycles. The van der Waals surface area contributed by atoms with Gasteiger partial charge in [-0.1, -0.05) is 6.07 Å². The number of nitrogens with two attached hydrogens (primary N) is 1. The van der Waals surface area contributed by atoms with Gasteiger partial charge in [0.2, 0.25) is 0 Å². The molecule has 3 N–H and O–H groups in total. The van der Waals surface area contributed by atoms with Crippen LogP contribution in [0.15, 0.2) is 18.2 Å². The van der Waals surface area contributed by atoms with Gasteiger partial charge in [-0.25, -0.2) is 4.39 Å². The Morgan fingerprint density at radius 2 is 2.19 bits per heavy atom. The van der Waals surface area contributed by atoms with Crippen LogP contribution in [-0.4, -0.2) is 18.3 Å². The topological polar surface area (TPSA) is 55.5 Å². The summed E-state index contributed by atoms with van der Waals surface area (Å²) in [5, 5.41) is 8.57. The van der Waals surface area contributed by atoms with Crippen LogP contribution in [0.25, 0.3) is 0 Å². The molecule has 4 heteroatoms. The summed E-state index contributed by atoms with van der Waals surface area (Å²) in [5.41, 5.74) is 6.39.